The molecule has 22 heteroatoms. The summed E-state index contributed by atoms with van der Waals surface area (Å²) in [6, 6.07) is -1.42. The van der Waals surface area contributed by atoms with Gasteiger partial charge in [-0.1, -0.05) is 0 Å². The van der Waals surface area contributed by atoms with Crippen molar-refractivity contribution in [3.8, 4) is 11.8 Å². The molecule has 1 unspecified atom stereocenters. The van der Waals surface area contributed by atoms with E-state index in [-0.39, 0.29) is 17.8 Å². The summed E-state index contributed by atoms with van der Waals surface area (Å²) in [6.45, 7) is -8.70. The summed E-state index contributed by atoms with van der Waals surface area (Å²) in [7, 11) is -9.13. The summed E-state index contributed by atoms with van der Waals surface area (Å²) >= 11 is 0. The van der Waals surface area contributed by atoms with Gasteiger partial charge in [-0.15, -0.1) is 0 Å². The van der Waals surface area contributed by atoms with E-state index in [2.05, 4.69) is 26.0 Å². The van der Waals surface area contributed by atoms with Crippen LogP contribution in [-0.2, 0) is 46.5 Å². The van der Waals surface area contributed by atoms with Crippen LogP contribution < -0.4 is 27.3 Å². The molecule has 38 heavy (non-hydrogen) atoms. The molecule has 6 N–H and O–H groups in total. The Balaban J connectivity index is 2.17. The quantitative estimate of drug-likeness (QED) is 0.0660. The minimum absolute atomic E-state index is 0.0794. The third-order valence-corrected chi connectivity index (χ3v) is 13.8. The third kappa shape index (κ3) is 6.76. The Labute approximate surface area is 212 Å². The number of aliphatic hydroxyl groups is 1. The van der Waals surface area contributed by atoms with Gasteiger partial charge in [0.15, 0.2) is 0 Å². The van der Waals surface area contributed by atoms with Gasteiger partial charge in [0.1, 0.15) is 6.04 Å². The number of carbonyl (C=O) groups is 2. The van der Waals surface area contributed by atoms with Crippen LogP contribution in [0.4, 0.5) is 5.82 Å². The number of carboxylic acid groups (broad SMARTS) is 1. The van der Waals surface area contributed by atoms with E-state index in [9.17, 15) is 47.9 Å². The Morgan fingerprint density at radius 1 is 1.34 bits per heavy atom. The van der Waals surface area contributed by atoms with Gasteiger partial charge in [-0.2, -0.15) is 0 Å². The summed E-state index contributed by atoms with van der Waals surface area (Å²) in [6.07, 6.45) is -4.43. The van der Waals surface area contributed by atoms with Gasteiger partial charge in [-0.05, 0) is 0 Å². The molecule has 0 aromatic carbocycles. The Hall–Kier alpha value is -2.87. The molecule has 210 valence electrons. The monoisotopic (exact) mass is 600 g/mol. The molecular formula is C16H19N4O15P3-2. The van der Waals surface area contributed by atoms with Crippen LogP contribution in [0.2, 0.25) is 0 Å². The standard InChI is InChI=1S/C16H20N4O15P3/c17-9(4-13(22)23)15(24)32-3-1-2-8-6-20(16(25)19-14(8)18)12-5-10(21)11(34-12)7-33-38(31,35-26,36(27)28)37(29)30/h6,9-12,21,26H,3-5,7,17H2,(H,22,23)(H2,18,19,25)/q-1/p-1/t9?,10-,11+,12+/m0/s1. The van der Waals surface area contributed by atoms with Gasteiger partial charge in [0, 0.05) is 0 Å². The van der Waals surface area contributed by atoms with Crippen LogP contribution >= 0.6 is 21.4 Å². The Morgan fingerprint density at radius 2 is 1.97 bits per heavy atom. The smallest absolute Gasteiger partial charge is 0.481 e. The van der Waals surface area contributed by atoms with E-state index >= 15 is 0 Å². The summed E-state index contributed by atoms with van der Waals surface area (Å²) in [5.74, 6) is 2.13. The molecule has 0 bridgehead atoms. The minimum Gasteiger partial charge on any atom is -0.481 e. The number of nitrogen functional groups attached to an aromatic ring is 1. The topological polar surface area (TPSA) is 313 Å². The molecule has 1 aromatic rings. The number of hydrogen-bond acceptors (Lipinski definition) is 17. The summed E-state index contributed by atoms with van der Waals surface area (Å²) in [5, 5.41) is 29.6. The normalized spacial score (nSPS) is 20.8. The number of aliphatic hydroxyl groups excluding tert-OH is 1. The van der Waals surface area contributed by atoms with Crippen molar-refractivity contribution in [1.82, 2.24) is 9.55 Å². The van der Waals surface area contributed by atoms with Crippen molar-refractivity contribution in [2.45, 2.75) is 37.3 Å². The van der Waals surface area contributed by atoms with E-state index in [0.29, 0.717) is 0 Å². The van der Waals surface area contributed by atoms with E-state index in [4.69, 9.17) is 26.0 Å². The Morgan fingerprint density at radius 3 is 2.53 bits per heavy atom. The molecule has 1 aliphatic heterocycles. The summed E-state index contributed by atoms with van der Waals surface area (Å²) < 4.78 is 63.2. The number of aliphatic carboxylic acids is 1. The van der Waals surface area contributed by atoms with Crippen molar-refractivity contribution >= 4 is 39.2 Å². The van der Waals surface area contributed by atoms with Crippen LogP contribution in [-0.4, -0.2) is 63.2 Å². The minimum atomic E-state index is -6.96. The fraction of sp³-hybridized carbons (Fsp3) is 0.500. The van der Waals surface area contributed by atoms with Crippen LogP contribution in [0.1, 0.15) is 24.6 Å². The van der Waals surface area contributed by atoms with Crippen LogP contribution in [0.15, 0.2) is 11.0 Å². The first-order chi connectivity index (χ1) is 17.6. The second-order valence-corrected chi connectivity index (χ2v) is 17.4. The van der Waals surface area contributed by atoms with Gasteiger partial charge in [-0.25, -0.2) is 0 Å². The van der Waals surface area contributed by atoms with Gasteiger partial charge in [-0.3, -0.25) is 9.59 Å². The number of anilines is 1. The zero-order chi connectivity index (χ0) is 28.9. The molecule has 19 nitrogen and oxygen atoms in total. The average molecular weight is 600 g/mol. The van der Waals surface area contributed by atoms with Gasteiger partial charge in [0.2, 0.25) is 0 Å². The van der Waals surface area contributed by atoms with Crippen LogP contribution in [0.5, 0.6) is 0 Å². The number of aromatic nitrogens is 2. The number of nitrogens with zero attached hydrogens (tertiary/aromatic N) is 2. The second-order valence-electron chi connectivity index (χ2n) is 7.42. The molecule has 0 spiro atoms. The molecule has 0 saturated carbocycles. The number of nitrogens with two attached hydrogens (primary N) is 2. The van der Waals surface area contributed by atoms with Crippen molar-refractivity contribution < 1.29 is 66.9 Å². The molecule has 1 fully saturated rings. The molecule has 0 radical (unpaired) electrons. The fourth-order valence-corrected chi connectivity index (χ4v) is 6.45. The molecule has 0 amide bonds. The zero-order valence-electron chi connectivity index (χ0n) is 18.8. The van der Waals surface area contributed by atoms with Gasteiger partial charge < -0.3 is 10.8 Å². The molecule has 1 aromatic heterocycles. The third-order valence-electron chi connectivity index (χ3n) is 4.84. The number of hydrogen-bond donors (Lipinski definition) is 4. The number of esters is 1. The molecule has 0 aliphatic carbocycles. The van der Waals surface area contributed by atoms with Gasteiger partial charge >= 0.3 is 179 Å². The van der Waals surface area contributed by atoms with E-state index in [1.165, 1.54) is 0 Å². The predicted octanol–water partition coefficient (Wildman–Crippen LogP) is -2.69. The van der Waals surface area contributed by atoms with Crippen molar-refractivity contribution in [2.75, 3.05) is 18.9 Å². The first-order valence-electron chi connectivity index (χ1n) is 10.0. The predicted molar refractivity (Wildman–Crippen MR) is 116 cm³/mol. The molecule has 2 rings (SSSR count). The molecule has 2 heterocycles. The van der Waals surface area contributed by atoms with Crippen molar-refractivity contribution in [3.63, 3.8) is 0 Å². The summed E-state index contributed by atoms with van der Waals surface area (Å²) in [4.78, 5) is 50.3. The Bertz CT molecular complexity index is 1330. The zero-order valence-corrected chi connectivity index (χ0v) is 21.5. The first-order valence-corrected chi connectivity index (χ1v) is 15.8. The van der Waals surface area contributed by atoms with E-state index in [1.54, 1.807) is 0 Å². The number of ether oxygens (including phenoxy) is 2. The van der Waals surface area contributed by atoms with E-state index in [1.807, 2.05) is 0 Å². The first kappa shape index (κ1) is 31.3. The SMILES string of the molecule is Nc1nc(=O)n([C@H]2C[C@H](O)[C@@H](COP([O-])(O[O-])(P(=O)=O)P(=O)=O)O2)cc1C#CCOC(=O)C(N)CC(=O)O. The second kappa shape index (κ2) is 12.3. The van der Waals surface area contributed by atoms with Crippen molar-refractivity contribution in [2.24, 2.45) is 5.73 Å². The number of carboxylic acids is 1. The van der Waals surface area contributed by atoms with Crippen molar-refractivity contribution in [1.29, 1.82) is 0 Å². The molecule has 1 saturated heterocycles. The maximum atomic E-state index is 12.3. The van der Waals surface area contributed by atoms with E-state index < -0.39 is 83.1 Å². The number of rotatable bonds is 11. The molecule has 1 aliphatic rings. The Kier molecular flexibility index (Phi) is 10.2. The van der Waals surface area contributed by atoms with Gasteiger partial charge in [0.05, 0.1) is 6.42 Å². The maximum absolute atomic E-state index is 12.3. The van der Waals surface area contributed by atoms with E-state index in [0.717, 1.165) is 10.8 Å². The van der Waals surface area contributed by atoms with Crippen molar-refractivity contribution in [3.05, 3.63) is 22.2 Å². The molecular weight excluding hydrogens is 581 g/mol. The summed E-state index contributed by atoms with van der Waals surface area (Å²) in [5.41, 5.74) is 9.92. The van der Waals surface area contributed by atoms with Crippen LogP contribution in [0, 0.1) is 11.8 Å². The fourth-order valence-electron chi connectivity index (χ4n) is 2.87. The van der Waals surface area contributed by atoms with Crippen LogP contribution in [0.3, 0.4) is 0 Å². The van der Waals surface area contributed by atoms with Crippen LogP contribution in [0.25, 0.3) is 0 Å². The van der Waals surface area contributed by atoms with Gasteiger partial charge in [0.25, 0.3) is 0 Å². The average Bonchev–Trinajstić information content (AvgIpc) is 3.20. The number of carbonyl (C=O) groups excluding carboxylic acids is 1. The molecule has 4 atom stereocenters.